The van der Waals surface area contributed by atoms with E-state index in [0.29, 0.717) is 40.1 Å². The summed E-state index contributed by atoms with van der Waals surface area (Å²) in [6.45, 7) is 0. The molecule has 1 spiro atoms. The number of hydrogen-bond acceptors (Lipinski definition) is 5. The molecule has 0 unspecified atom stereocenters. The molecule has 10 heteroatoms. The topological polar surface area (TPSA) is 76.0 Å². The molecule has 0 saturated heterocycles. The molecule has 0 saturated carbocycles. The molecule has 0 fully saturated rings. The molecule has 2 aliphatic heterocycles. The Kier molecular flexibility index (Phi) is 5.83. The average Bonchev–Trinajstić information content (AvgIpc) is 3.00. The Labute approximate surface area is 224 Å². The summed E-state index contributed by atoms with van der Waals surface area (Å²) in [7, 11) is 0. The Balaban J connectivity index is 0.00000218. The Morgan fingerprint density at radius 2 is 1.30 bits per heavy atom. The van der Waals surface area contributed by atoms with E-state index < -0.39 is 11.6 Å². The van der Waals surface area contributed by atoms with Crippen LogP contribution in [0.4, 0.5) is 0 Å². The molecule has 0 amide bonds. The van der Waals surface area contributed by atoms with Gasteiger partial charge in [-0.1, -0.05) is 18.2 Å². The molecule has 2 heterocycles. The minimum atomic E-state index is -1.33. The van der Waals surface area contributed by atoms with Gasteiger partial charge in [0.1, 0.15) is 20.4 Å². The standard InChI is InChI=1S/C20H8Br4O5.Pb/c21-11-5-9-17(13(23)15(11)25)28-18-10(6-12(22)16(26)14(18)24)20(9)8-4-2-1-3-7(8)19(27)29-20;/h1-6,25-26H;. The normalized spacial score (nSPS) is 14.9. The van der Waals surface area contributed by atoms with Gasteiger partial charge in [0.2, 0.25) is 0 Å². The third kappa shape index (κ3) is 2.88. The molecule has 0 atom stereocenters. The largest absolute Gasteiger partial charge is 0.505 e. The molecule has 0 aromatic heterocycles. The molecule has 0 bridgehead atoms. The van der Waals surface area contributed by atoms with Crippen LogP contribution >= 0.6 is 63.7 Å². The molecule has 30 heavy (non-hydrogen) atoms. The minimum absolute atomic E-state index is 0. The van der Waals surface area contributed by atoms with Crippen molar-refractivity contribution in [1.82, 2.24) is 0 Å². The van der Waals surface area contributed by atoms with E-state index in [2.05, 4.69) is 63.7 Å². The zero-order valence-corrected chi connectivity index (χ0v) is 24.8. The Hall–Kier alpha value is -0.628. The molecule has 2 N–H and O–H groups in total. The number of rotatable bonds is 0. The first kappa shape index (κ1) is 22.6. The first-order valence-corrected chi connectivity index (χ1v) is 11.4. The van der Waals surface area contributed by atoms with Crippen LogP contribution in [0.25, 0.3) is 0 Å². The number of carbonyl (C=O) groups excluding carboxylic acids is 1. The zero-order valence-electron chi connectivity index (χ0n) is 14.6. The predicted octanol–water partition coefficient (Wildman–Crippen LogP) is 6.34. The van der Waals surface area contributed by atoms with E-state index in [9.17, 15) is 15.0 Å². The molecule has 5 rings (SSSR count). The fraction of sp³-hybridized carbons (Fsp3) is 0.0500. The van der Waals surface area contributed by atoms with Gasteiger partial charge < -0.3 is 19.7 Å². The maximum absolute atomic E-state index is 12.8. The van der Waals surface area contributed by atoms with Gasteiger partial charge in [0.25, 0.3) is 0 Å². The summed E-state index contributed by atoms with van der Waals surface area (Å²) < 4.78 is 13.6. The monoisotopic (exact) mass is 852 g/mol. The smallest absolute Gasteiger partial charge is 0.340 e. The number of ether oxygens (including phenoxy) is 2. The summed E-state index contributed by atoms with van der Waals surface area (Å²) >= 11 is 13.5. The van der Waals surface area contributed by atoms with Crippen LogP contribution in [0.1, 0.15) is 27.0 Å². The second kappa shape index (κ2) is 7.75. The maximum Gasteiger partial charge on any atom is 0.340 e. The van der Waals surface area contributed by atoms with Crippen molar-refractivity contribution >= 4 is 97.0 Å². The van der Waals surface area contributed by atoms with Crippen molar-refractivity contribution in [3.63, 3.8) is 0 Å². The molecule has 2 aliphatic rings. The summed E-state index contributed by atoms with van der Waals surface area (Å²) in [5.41, 5.74) is 0.819. The van der Waals surface area contributed by atoms with Crippen molar-refractivity contribution in [2.75, 3.05) is 0 Å². The number of esters is 1. The second-order valence-electron chi connectivity index (χ2n) is 6.51. The summed E-state index contributed by atoms with van der Waals surface area (Å²) in [5.74, 6) is -0.0230. The van der Waals surface area contributed by atoms with Gasteiger partial charge in [-0.2, -0.15) is 0 Å². The van der Waals surface area contributed by atoms with Crippen LogP contribution in [-0.4, -0.2) is 43.5 Å². The first-order chi connectivity index (χ1) is 13.8. The van der Waals surface area contributed by atoms with Crippen molar-refractivity contribution < 1.29 is 24.5 Å². The molecule has 3 aromatic rings. The molecule has 150 valence electrons. The van der Waals surface area contributed by atoms with Crippen LogP contribution in [0, 0.1) is 0 Å². The van der Waals surface area contributed by atoms with E-state index >= 15 is 0 Å². The summed E-state index contributed by atoms with van der Waals surface area (Å²) in [6.07, 6.45) is 0. The number of aromatic hydroxyl groups is 2. The number of halogens is 4. The fourth-order valence-electron chi connectivity index (χ4n) is 3.77. The predicted molar refractivity (Wildman–Crippen MR) is 125 cm³/mol. The molecular weight excluding hydrogens is 847 g/mol. The van der Waals surface area contributed by atoms with Gasteiger partial charge in [0, 0.05) is 32.9 Å². The Bertz CT molecular complexity index is 1200. The van der Waals surface area contributed by atoms with Crippen LogP contribution in [0.5, 0.6) is 23.0 Å². The number of phenolic OH excluding ortho intramolecular Hbond substituents is 2. The van der Waals surface area contributed by atoms with Gasteiger partial charge in [-0.3, -0.25) is 0 Å². The fourth-order valence-corrected chi connectivity index (χ4v) is 6.17. The molecular formula is C20H8Br4O5Pb. The van der Waals surface area contributed by atoms with Crippen molar-refractivity contribution in [3.05, 3.63) is 76.5 Å². The van der Waals surface area contributed by atoms with Gasteiger partial charge >= 0.3 is 5.97 Å². The van der Waals surface area contributed by atoms with E-state index in [1.807, 2.05) is 12.1 Å². The van der Waals surface area contributed by atoms with Gasteiger partial charge in [-0.15, -0.1) is 0 Å². The van der Waals surface area contributed by atoms with Gasteiger partial charge in [-0.25, -0.2) is 4.79 Å². The van der Waals surface area contributed by atoms with Gasteiger partial charge in [0.15, 0.2) is 17.1 Å². The van der Waals surface area contributed by atoms with Crippen LogP contribution < -0.4 is 4.74 Å². The maximum atomic E-state index is 12.8. The Morgan fingerprint density at radius 1 is 0.800 bits per heavy atom. The van der Waals surface area contributed by atoms with Crippen LogP contribution in [0.3, 0.4) is 0 Å². The van der Waals surface area contributed by atoms with E-state index in [1.165, 1.54) is 0 Å². The van der Waals surface area contributed by atoms with E-state index in [-0.39, 0.29) is 50.3 Å². The number of fused-ring (bicyclic) bond motifs is 6. The third-order valence-electron chi connectivity index (χ3n) is 5.03. The van der Waals surface area contributed by atoms with Crippen molar-refractivity contribution in [2.24, 2.45) is 0 Å². The van der Waals surface area contributed by atoms with E-state index in [4.69, 9.17) is 9.47 Å². The third-order valence-corrected chi connectivity index (χ3v) is 7.71. The average molecular weight is 855 g/mol. The van der Waals surface area contributed by atoms with E-state index in [1.54, 1.807) is 24.3 Å². The second-order valence-corrected chi connectivity index (χ2v) is 9.81. The van der Waals surface area contributed by atoms with E-state index in [0.717, 1.165) is 0 Å². The van der Waals surface area contributed by atoms with Gasteiger partial charge in [-0.05, 0) is 81.9 Å². The minimum Gasteiger partial charge on any atom is -0.505 e. The first-order valence-electron chi connectivity index (χ1n) is 8.21. The Morgan fingerprint density at radius 3 is 1.83 bits per heavy atom. The molecule has 3 aromatic carbocycles. The number of carbonyl (C=O) groups is 1. The van der Waals surface area contributed by atoms with Crippen LogP contribution in [0.2, 0.25) is 0 Å². The van der Waals surface area contributed by atoms with Crippen molar-refractivity contribution in [1.29, 1.82) is 0 Å². The quantitative estimate of drug-likeness (QED) is 0.204. The van der Waals surface area contributed by atoms with Crippen LogP contribution in [0.15, 0.2) is 54.3 Å². The number of benzene rings is 3. The van der Waals surface area contributed by atoms with Crippen molar-refractivity contribution in [3.8, 4) is 23.0 Å². The zero-order chi connectivity index (χ0) is 20.7. The SMILES string of the molecule is O=C1OC2(c3ccccc31)c1cc(Br)c(O)c(Br)c1Oc1c2cc(Br)c(O)c1Br.[Pb]. The summed E-state index contributed by atoms with van der Waals surface area (Å²) in [6, 6.07) is 10.5. The summed E-state index contributed by atoms with van der Waals surface area (Å²) in [4.78, 5) is 12.8. The molecule has 4 radical (unpaired) electrons. The van der Waals surface area contributed by atoms with Crippen molar-refractivity contribution in [2.45, 2.75) is 5.60 Å². The molecule has 5 nitrogen and oxygen atoms in total. The summed E-state index contributed by atoms with van der Waals surface area (Å²) in [5, 5.41) is 20.8. The number of phenols is 2. The number of hydrogen-bond donors (Lipinski definition) is 2. The van der Waals surface area contributed by atoms with Crippen LogP contribution in [-0.2, 0) is 10.3 Å². The van der Waals surface area contributed by atoms with Gasteiger partial charge in [0.05, 0.1) is 25.6 Å². The molecule has 0 aliphatic carbocycles.